The quantitative estimate of drug-likeness (QED) is 0.200. The molecule has 1 aromatic heterocycles. The first-order valence-corrected chi connectivity index (χ1v) is 15.1. The number of H-pyrrole nitrogens is 1. The molecule has 4 rings (SSSR count). The fourth-order valence-corrected chi connectivity index (χ4v) is 5.03. The molecule has 44 heavy (non-hydrogen) atoms. The number of aromatic amines is 1. The minimum absolute atomic E-state index is 0.0556. The van der Waals surface area contributed by atoms with E-state index in [2.05, 4.69) is 57.6 Å². The average molecular weight is 595 g/mol. The van der Waals surface area contributed by atoms with Crippen molar-refractivity contribution in [1.82, 2.24) is 9.97 Å². The summed E-state index contributed by atoms with van der Waals surface area (Å²) in [6.07, 6.45) is 3.26. The zero-order valence-corrected chi connectivity index (χ0v) is 27.9. The topological polar surface area (TPSA) is 111 Å². The van der Waals surface area contributed by atoms with Crippen molar-refractivity contribution in [2.75, 3.05) is 0 Å². The van der Waals surface area contributed by atoms with Gasteiger partial charge in [0.15, 0.2) is 0 Å². The van der Waals surface area contributed by atoms with Crippen molar-refractivity contribution in [3.05, 3.63) is 86.3 Å². The number of benzene rings is 3. The summed E-state index contributed by atoms with van der Waals surface area (Å²) in [6.45, 7) is 22.6. The Morgan fingerprint density at radius 2 is 1.32 bits per heavy atom. The Morgan fingerprint density at radius 1 is 0.750 bits per heavy atom. The van der Waals surface area contributed by atoms with Crippen LogP contribution in [0.4, 0.5) is 11.4 Å². The van der Waals surface area contributed by atoms with E-state index in [0.717, 1.165) is 16.7 Å². The maximum Gasteiger partial charge on any atom is 0.270 e. The van der Waals surface area contributed by atoms with Gasteiger partial charge in [0.2, 0.25) is 0 Å². The van der Waals surface area contributed by atoms with Crippen LogP contribution in [0.15, 0.2) is 57.2 Å². The molecule has 0 atom stereocenters. The lowest BCUT2D eigenvalue weighted by Gasteiger charge is -2.27. The third-order valence-corrected chi connectivity index (χ3v) is 7.74. The molecule has 0 bridgehead atoms. The second kappa shape index (κ2) is 11.7. The smallest absolute Gasteiger partial charge is 0.270 e. The molecular weight excluding hydrogens is 548 g/mol. The normalized spacial score (nSPS) is 13.2. The van der Waals surface area contributed by atoms with Crippen LogP contribution in [0.25, 0.3) is 11.0 Å². The average Bonchev–Trinajstić information content (AvgIpc) is 2.89. The van der Waals surface area contributed by atoms with Gasteiger partial charge in [0, 0.05) is 35.0 Å². The molecule has 0 aliphatic carbocycles. The van der Waals surface area contributed by atoms with Crippen LogP contribution in [0.2, 0.25) is 0 Å². The van der Waals surface area contributed by atoms with E-state index in [-0.39, 0.29) is 39.2 Å². The van der Waals surface area contributed by atoms with E-state index in [0.29, 0.717) is 39.2 Å². The Kier molecular flexibility index (Phi) is 8.67. The van der Waals surface area contributed by atoms with Gasteiger partial charge in [-0.1, -0.05) is 94.4 Å². The highest BCUT2D eigenvalue weighted by molar-refractivity contribution is 5.94. The van der Waals surface area contributed by atoms with Crippen LogP contribution in [0.5, 0.6) is 11.5 Å². The van der Waals surface area contributed by atoms with E-state index < -0.39 is 0 Å². The van der Waals surface area contributed by atoms with Crippen molar-refractivity contribution < 1.29 is 10.2 Å². The third-order valence-electron chi connectivity index (χ3n) is 7.74. The molecule has 7 nitrogen and oxygen atoms in total. The van der Waals surface area contributed by atoms with Crippen molar-refractivity contribution in [1.29, 1.82) is 0 Å². The lowest BCUT2D eigenvalue weighted by Crippen LogP contribution is -2.17. The number of fused-ring (bicyclic) bond motifs is 1. The number of phenols is 2. The Labute approximate surface area is 260 Å². The molecule has 3 N–H and O–H groups in total. The predicted molar refractivity (Wildman–Crippen MR) is 183 cm³/mol. The van der Waals surface area contributed by atoms with Gasteiger partial charge < -0.3 is 15.2 Å². The molecule has 232 valence electrons. The Morgan fingerprint density at radius 3 is 1.89 bits per heavy atom. The molecule has 0 radical (unpaired) electrons. The van der Waals surface area contributed by atoms with E-state index >= 15 is 0 Å². The molecular formula is C37H46N4O3. The van der Waals surface area contributed by atoms with E-state index in [1.165, 1.54) is 0 Å². The van der Waals surface area contributed by atoms with Gasteiger partial charge in [0.25, 0.3) is 5.56 Å². The van der Waals surface area contributed by atoms with E-state index in [1.807, 2.05) is 58.9 Å². The van der Waals surface area contributed by atoms with Crippen LogP contribution < -0.4 is 5.56 Å². The fourth-order valence-electron chi connectivity index (χ4n) is 5.03. The molecule has 0 saturated heterocycles. The number of hydrogen-bond donors (Lipinski definition) is 3. The second-order valence-corrected chi connectivity index (χ2v) is 14.9. The van der Waals surface area contributed by atoms with Crippen LogP contribution >= 0.6 is 0 Å². The van der Waals surface area contributed by atoms with Gasteiger partial charge in [-0.2, -0.15) is 0 Å². The minimum atomic E-state index is -0.283. The van der Waals surface area contributed by atoms with Crippen LogP contribution in [-0.4, -0.2) is 32.6 Å². The zero-order valence-electron chi connectivity index (χ0n) is 27.9. The minimum Gasteiger partial charge on any atom is -0.507 e. The number of hydrogen-bond acceptors (Lipinski definition) is 6. The molecule has 0 amide bonds. The molecule has 0 aliphatic rings. The largest absolute Gasteiger partial charge is 0.507 e. The lowest BCUT2D eigenvalue weighted by atomic mass is 9.79. The maximum atomic E-state index is 12.8. The summed E-state index contributed by atoms with van der Waals surface area (Å²) < 4.78 is 0. The molecule has 4 aromatic rings. The van der Waals surface area contributed by atoms with Gasteiger partial charge in [-0.3, -0.25) is 14.8 Å². The van der Waals surface area contributed by atoms with Crippen LogP contribution in [0, 0.1) is 0 Å². The molecule has 0 saturated carbocycles. The van der Waals surface area contributed by atoms with Crippen LogP contribution in [0.3, 0.4) is 0 Å². The first kappa shape index (κ1) is 32.6. The van der Waals surface area contributed by atoms with Gasteiger partial charge in [0.05, 0.1) is 22.4 Å². The highest BCUT2D eigenvalue weighted by Crippen LogP contribution is 2.39. The first-order chi connectivity index (χ1) is 20.3. The van der Waals surface area contributed by atoms with Gasteiger partial charge in [-0.15, -0.1) is 0 Å². The predicted octanol–water partition coefficient (Wildman–Crippen LogP) is 8.85. The molecule has 0 aliphatic heterocycles. The Bertz CT molecular complexity index is 1830. The third kappa shape index (κ3) is 6.93. The van der Waals surface area contributed by atoms with Crippen molar-refractivity contribution in [2.24, 2.45) is 9.98 Å². The summed E-state index contributed by atoms with van der Waals surface area (Å²) in [4.78, 5) is 29.9. The molecule has 3 aromatic carbocycles. The van der Waals surface area contributed by atoms with E-state index in [1.54, 1.807) is 24.6 Å². The van der Waals surface area contributed by atoms with Crippen LogP contribution in [-0.2, 0) is 16.2 Å². The fraction of sp³-hybridized carbons (Fsp3) is 0.405. The highest BCUT2D eigenvalue weighted by Gasteiger charge is 2.25. The number of aromatic nitrogens is 2. The summed E-state index contributed by atoms with van der Waals surface area (Å²) in [6, 6.07) is 13.2. The molecule has 1 heterocycles. The molecule has 0 unspecified atom stereocenters. The van der Waals surface area contributed by atoms with Gasteiger partial charge in [-0.25, -0.2) is 4.98 Å². The van der Waals surface area contributed by atoms with Gasteiger partial charge >= 0.3 is 0 Å². The molecule has 0 fully saturated rings. The number of nitrogens with zero attached hydrogens (tertiary/aromatic N) is 3. The summed E-state index contributed by atoms with van der Waals surface area (Å²) in [5.41, 5.74) is 5.55. The monoisotopic (exact) mass is 594 g/mol. The number of phenolic OH excluding ortho intramolecular Hbond substituents is 2. The lowest BCUT2D eigenvalue weighted by molar-refractivity contribution is 0.443. The van der Waals surface area contributed by atoms with Gasteiger partial charge in [0.1, 0.15) is 17.2 Å². The standard InChI is InChI=1S/C37H46N4O3/c1-21(2)31-34(44)41-30-18-28(39-20-23-15-24(35(3,4)5)16-26(33(23)43)37(9,10)11)27(17-29(30)40-31)38-19-22-13-12-14-25(32(22)42)36(6,7)8/h12-21,42-43H,1-11H3,(H,41,44). The van der Waals surface area contributed by atoms with E-state index in [9.17, 15) is 15.0 Å². The Balaban J connectivity index is 1.93. The van der Waals surface area contributed by atoms with Crippen LogP contribution in [0.1, 0.15) is 116 Å². The van der Waals surface area contributed by atoms with Crippen molar-refractivity contribution in [3.8, 4) is 11.5 Å². The SMILES string of the molecule is CC(C)c1nc2cc(N=Cc3cccc(C(C)(C)C)c3O)c(N=Cc3cc(C(C)(C)C)cc(C(C)(C)C)c3O)cc2[nH]c1=O. The summed E-state index contributed by atoms with van der Waals surface area (Å²) in [7, 11) is 0. The van der Waals surface area contributed by atoms with Gasteiger partial charge in [-0.05, 0) is 51.6 Å². The number of aliphatic imine (C=N–C) groups is 2. The van der Waals surface area contributed by atoms with Crippen molar-refractivity contribution in [2.45, 2.75) is 98.3 Å². The number of rotatable bonds is 5. The zero-order chi connectivity index (χ0) is 32.8. The summed E-state index contributed by atoms with van der Waals surface area (Å²) in [5, 5.41) is 22.4. The number of para-hydroxylation sites is 1. The number of nitrogens with one attached hydrogen (secondary N) is 1. The maximum absolute atomic E-state index is 12.8. The molecule has 0 spiro atoms. The summed E-state index contributed by atoms with van der Waals surface area (Å²) in [5.74, 6) is 0.304. The van der Waals surface area contributed by atoms with Crippen molar-refractivity contribution in [3.63, 3.8) is 0 Å². The molecule has 7 heteroatoms. The van der Waals surface area contributed by atoms with E-state index in [4.69, 9.17) is 9.98 Å². The second-order valence-electron chi connectivity index (χ2n) is 14.9. The Hall–Kier alpha value is -4.26. The first-order valence-electron chi connectivity index (χ1n) is 15.1. The number of aromatic hydroxyl groups is 2. The summed E-state index contributed by atoms with van der Waals surface area (Å²) >= 11 is 0. The highest BCUT2D eigenvalue weighted by atomic mass is 16.3. The van der Waals surface area contributed by atoms with Crippen molar-refractivity contribution >= 4 is 34.8 Å².